The number of nitrogens with one attached hydrogen (secondary N) is 1. The van der Waals surface area contributed by atoms with Gasteiger partial charge in [-0.15, -0.1) is 0 Å². The highest BCUT2D eigenvalue weighted by Crippen LogP contribution is 2.19. The molecule has 0 amide bonds. The summed E-state index contributed by atoms with van der Waals surface area (Å²) < 4.78 is 27.0. The lowest BCUT2D eigenvalue weighted by atomic mass is 10.1. The summed E-state index contributed by atoms with van der Waals surface area (Å²) in [6, 6.07) is 17.8. The van der Waals surface area contributed by atoms with Crippen molar-refractivity contribution in [2.75, 3.05) is 32.7 Å². The molecule has 2 heterocycles. The number of sulfonamides is 1. The number of benzene rings is 2. The van der Waals surface area contributed by atoms with Crippen molar-refractivity contribution in [2.45, 2.75) is 12.2 Å². The van der Waals surface area contributed by atoms with Gasteiger partial charge in [0.1, 0.15) is 0 Å². The van der Waals surface area contributed by atoms with Crippen LogP contribution in [0.1, 0.15) is 11.1 Å². The van der Waals surface area contributed by atoms with Gasteiger partial charge >= 0.3 is 0 Å². The third kappa shape index (κ3) is 4.24. The van der Waals surface area contributed by atoms with Gasteiger partial charge in [0, 0.05) is 49.8 Å². The van der Waals surface area contributed by atoms with E-state index in [4.69, 9.17) is 0 Å². The first-order valence-corrected chi connectivity index (χ1v) is 11.0. The van der Waals surface area contributed by atoms with E-state index in [9.17, 15) is 8.42 Å². The molecule has 0 atom stereocenters. The summed E-state index contributed by atoms with van der Waals surface area (Å²) in [5.41, 5.74) is 3.34. The highest BCUT2D eigenvalue weighted by atomic mass is 32.2. The first-order valence-electron chi connectivity index (χ1n) is 9.41. The van der Waals surface area contributed by atoms with Crippen LogP contribution in [0.15, 0.2) is 60.8 Å². The van der Waals surface area contributed by atoms with E-state index in [1.807, 2.05) is 36.4 Å². The van der Waals surface area contributed by atoms with Crippen molar-refractivity contribution in [3.8, 4) is 0 Å². The maximum Gasteiger partial charge on any atom is 0.218 e. The van der Waals surface area contributed by atoms with E-state index in [0.29, 0.717) is 13.1 Å². The van der Waals surface area contributed by atoms with Crippen molar-refractivity contribution in [3.63, 3.8) is 0 Å². The predicted molar refractivity (Wildman–Crippen MR) is 109 cm³/mol. The lowest BCUT2D eigenvalue weighted by Gasteiger charge is -2.34. The van der Waals surface area contributed by atoms with Crippen molar-refractivity contribution in [2.24, 2.45) is 0 Å². The maximum atomic E-state index is 12.7. The molecule has 6 heteroatoms. The molecule has 0 bridgehead atoms. The molecule has 0 aliphatic carbocycles. The molecule has 1 aromatic heterocycles. The second kappa shape index (κ2) is 7.84. The van der Waals surface area contributed by atoms with Gasteiger partial charge in [0.25, 0.3) is 0 Å². The molecular weight excluding hydrogens is 358 g/mol. The molecule has 27 heavy (non-hydrogen) atoms. The quantitative estimate of drug-likeness (QED) is 0.712. The molecule has 1 N–H and O–H groups in total. The zero-order chi connectivity index (χ0) is 18.7. The van der Waals surface area contributed by atoms with E-state index >= 15 is 0 Å². The molecule has 1 aliphatic heterocycles. The molecule has 5 nitrogen and oxygen atoms in total. The Bertz CT molecular complexity index is 990. The molecule has 2 aromatic carbocycles. The molecule has 0 unspecified atom stereocenters. The van der Waals surface area contributed by atoms with Gasteiger partial charge in [0.15, 0.2) is 0 Å². The van der Waals surface area contributed by atoms with Gasteiger partial charge < -0.3 is 9.88 Å². The Morgan fingerprint density at radius 1 is 0.889 bits per heavy atom. The van der Waals surface area contributed by atoms with Crippen LogP contribution < -0.4 is 0 Å². The van der Waals surface area contributed by atoms with Crippen LogP contribution in [0.4, 0.5) is 0 Å². The highest BCUT2D eigenvalue weighted by Gasteiger charge is 2.26. The van der Waals surface area contributed by atoms with Gasteiger partial charge in [0.2, 0.25) is 10.0 Å². The fraction of sp³-hybridized carbons (Fsp3) is 0.333. The van der Waals surface area contributed by atoms with E-state index in [2.05, 4.69) is 34.3 Å². The van der Waals surface area contributed by atoms with Crippen molar-refractivity contribution in [1.82, 2.24) is 14.2 Å². The van der Waals surface area contributed by atoms with Gasteiger partial charge in [-0.1, -0.05) is 48.5 Å². The third-order valence-electron chi connectivity index (χ3n) is 5.29. The Balaban J connectivity index is 1.31. The second-order valence-electron chi connectivity index (χ2n) is 7.09. The van der Waals surface area contributed by atoms with E-state index in [1.54, 1.807) is 4.31 Å². The van der Waals surface area contributed by atoms with Crippen LogP contribution in [0.2, 0.25) is 0 Å². The molecular formula is C21H25N3O2S. The summed E-state index contributed by atoms with van der Waals surface area (Å²) in [5.74, 6) is 0.0865. The normalized spacial score (nSPS) is 16.7. The molecule has 1 fully saturated rings. The lowest BCUT2D eigenvalue weighted by Crippen LogP contribution is -2.49. The predicted octanol–water partition coefficient (Wildman–Crippen LogP) is 2.86. The Kier molecular flexibility index (Phi) is 5.29. The minimum absolute atomic E-state index is 0.0865. The molecule has 1 saturated heterocycles. The molecule has 0 saturated carbocycles. The molecule has 0 spiro atoms. The first kappa shape index (κ1) is 18.2. The van der Waals surface area contributed by atoms with E-state index in [0.717, 1.165) is 31.6 Å². The second-order valence-corrected chi connectivity index (χ2v) is 9.06. The zero-order valence-corrected chi connectivity index (χ0v) is 16.2. The maximum absolute atomic E-state index is 12.7. The summed E-state index contributed by atoms with van der Waals surface area (Å²) >= 11 is 0. The Morgan fingerprint density at radius 2 is 1.59 bits per heavy atom. The van der Waals surface area contributed by atoms with Gasteiger partial charge in [-0.3, -0.25) is 0 Å². The lowest BCUT2D eigenvalue weighted by molar-refractivity contribution is 0.190. The van der Waals surface area contributed by atoms with Gasteiger partial charge in [-0.25, -0.2) is 8.42 Å². The van der Waals surface area contributed by atoms with Gasteiger partial charge in [-0.2, -0.15) is 4.31 Å². The van der Waals surface area contributed by atoms with E-state index in [1.165, 1.54) is 16.5 Å². The summed E-state index contributed by atoms with van der Waals surface area (Å²) in [6.07, 6.45) is 3.06. The fourth-order valence-corrected chi connectivity index (χ4v) is 5.24. The Morgan fingerprint density at radius 3 is 2.37 bits per heavy atom. The van der Waals surface area contributed by atoms with Crippen LogP contribution in [0.5, 0.6) is 0 Å². The number of fused-ring (bicyclic) bond motifs is 1. The average Bonchev–Trinajstić information content (AvgIpc) is 3.10. The van der Waals surface area contributed by atoms with E-state index < -0.39 is 10.0 Å². The summed E-state index contributed by atoms with van der Waals surface area (Å²) in [7, 11) is -3.25. The van der Waals surface area contributed by atoms with Gasteiger partial charge in [0.05, 0.1) is 5.75 Å². The van der Waals surface area contributed by atoms with Crippen LogP contribution in [-0.2, 0) is 22.2 Å². The van der Waals surface area contributed by atoms with Gasteiger partial charge in [-0.05, 0) is 23.6 Å². The molecule has 3 aromatic rings. The van der Waals surface area contributed by atoms with Crippen molar-refractivity contribution < 1.29 is 8.42 Å². The number of aromatic amines is 1. The minimum Gasteiger partial charge on any atom is -0.361 e. The number of rotatable bonds is 6. The van der Waals surface area contributed by atoms with Crippen LogP contribution in [0.3, 0.4) is 0 Å². The first-order chi connectivity index (χ1) is 13.1. The number of para-hydroxylation sites is 1. The Labute approximate surface area is 160 Å². The summed E-state index contributed by atoms with van der Waals surface area (Å²) in [5, 5.41) is 1.28. The molecule has 4 rings (SSSR count). The molecule has 1 aliphatic rings. The topological polar surface area (TPSA) is 56.4 Å². The van der Waals surface area contributed by atoms with Crippen molar-refractivity contribution in [1.29, 1.82) is 0 Å². The number of H-pyrrole nitrogens is 1. The zero-order valence-electron chi connectivity index (χ0n) is 15.3. The Hall–Kier alpha value is -2.15. The average molecular weight is 384 g/mol. The minimum atomic E-state index is -3.25. The number of piperazine rings is 1. The number of aromatic nitrogens is 1. The monoisotopic (exact) mass is 383 g/mol. The fourth-order valence-electron chi connectivity index (χ4n) is 3.72. The number of hydrogen-bond acceptors (Lipinski definition) is 3. The molecule has 142 valence electrons. The highest BCUT2D eigenvalue weighted by molar-refractivity contribution is 7.88. The largest absolute Gasteiger partial charge is 0.361 e. The van der Waals surface area contributed by atoms with Crippen LogP contribution in [0, 0.1) is 0 Å². The SMILES string of the molecule is O=S(=O)(Cc1ccccc1)N1CCN(CCc2c[nH]c3ccccc23)CC1. The van der Waals surface area contributed by atoms with Crippen molar-refractivity contribution >= 4 is 20.9 Å². The standard InChI is InChI=1S/C21H25N3O2S/c25-27(26,17-18-6-2-1-3-7-18)24-14-12-23(13-15-24)11-10-19-16-22-21-9-5-4-8-20(19)21/h1-9,16,22H,10-15,17H2. The summed E-state index contributed by atoms with van der Waals surface area (Å²) in [4.78, 5) is 5.68. The van der Waals surface area contributed by atoms with Crippen molar-refractivity contribution in [3.05, 3.63) is 71.9 Å². The third-order valence-corrected chi connectivity index (χ3v) is 7.14. The summed E-state index contributed by atoms with van der Waals surface area (Å²) in [6.45, 7) is 3.67. The molecule has 0 radical (unpaired) electrons. The number of nitrogens with zero attached hydrogens (tertiary/aromatic N) is 2. The van der Waals surface area contributed by atoms with Crippen LogP contribution in [0.25, 0.3) is 10.9 Å². The smallest absolute Gasteiger partial charge is 0.218 e. The number of hydrogen-bond donors (Lipinski definition) is 1. The van der Waals surface area contributed by atoms with Crippen LogP contribution >= 0.6 is 0 Å². The van der Waals surface area contributed by atoms with E-state index in [-0.39, 0.29) is 5.75 Å². The van der Waals surface area contributed by atoms with Crippen LogP contribution in [-0.4, -0.2) is 55.3 Å².